The first-order valence-electron chi connectivity index (χ1n) is 11.2. The molecule has 3 atom stereocenters. The first kappa shape index (κ1) is 24.1. The van der Waals surface area contributed by atoms with Crippen molar-refractivity contribution < 1.29 is 27.2 Å². The van der Waals surface area contributed by atoms with Crippen molar-refractivity contribution in [2.75, 3.05) is 32.7 Å². The molecule has 0 spiro atoms. The Morgan fingerprint density at radius 1 is 1.12 bits per heavy atom. The van der Waals surface area contributed by atoms with E-state index in [1.54, 1.807) is 17.0 Å². The molecule has 182 valence electrons. The summed E-state index contributed by atoms with van der Waals surface area (Å²) in [5, 5.41) is 2.89. The van der Waals surface area contributed by atoms with Crippen molar-refractivity contribution in [2.45, 2.75) is 25.6 Å². The Kier molecular flexibility index (Phi) is 6.88. The Balaban J connectivity index is 1.31. The number of carbonyl (C=O) groups is 2. The van der Waals surface area contributed by atoms with Crippen molar-refractivity contribution in [3.63, 3.8) is 0 Å². The van der Waals surface area contributed by atoms with E-state index in [1.165, 1.54) is 19.1 Å². The highest BCUT2D eigenvalue weighted by molar-refractivity contribution is 5.92. The molecule has 0 bridgehead atoms. The van der Waals surface area contributed by atoms with Crippen molar-refractivity contribution in [2.24, 2.45) is 11.8 Å². The van der Waals surface area contributed by atoms with Gasteiger partial charge < -0.3 is 15.1 Å². The van der Waals surface area contributed by atoms with Gasteiger partial charge in [-0.1, -0.05) is 12.1 Å². The van der Waals surface area contributed by atoms with Crippen LogP contribution in [0.15, 0.2) is 42.6 Å². The molecule has 0 radical (unpaired) electrons. The van der Waals surface area contributed by atoms with E-state index in [2.05, 4.69) is 15.2 Å². The molecule has 4 rings (SSSR count). The number of benzene rings is 1. The van der Waals surface area contributed by atoms with Gasteiger partial charge in [0, 0.05) is 45.8 Å². The predicted molar refractivity (Wildman–Crippen MR) is 116 cm³/mol. The fourth-order valence-corrected chi connectivity index (χ4v) is 4.89. The molecule has 2 aromatic rings. The van der Waals surface area contributed by atoms with Gasteiger partial charge in [0.25, 0.3) is 5.91 Å². The van der Waals surface area contributed by atoms with Crippen molar-refractivity contribution in [3.05, 3.63) is 65.2 Å². The lowest BCUT2D eigenvalue weighted by Crippen LogP contribution is -2.35. The van der Waals surface area contributed by atoms with Crippen LogP contribution in [0.2, 0.25) is 0 Å². The van der Waals surface area contributed by atoms with Crippen LogP contribution in [0.3, 0.4) is 0 Å². The molecule has 3 heterocycles. The van der Waals surface area contributed by atoms with E-state index in [4.69, 9.17) is 0 Å². The lowest BCUT2D eigenvalue weighted by Gasteiger charge is -2.24. The minimum absolute atomic E-state index is 0.0121. The van der Waals surface area contributed by atoms with Crippen LogP contribution in [0.1, 0.15) is 41.0 Å². The first-order valence-corrected chi connectivity index (χ1v) is 11.2. The van der Waals surface area contributed by atoms with Crippen molar-refractivity contribution in [1.82, 2.24) is 20.1 Å². The molecule has 34 heavy (non-hydrogen) atoms. The molecule has 1 N–H and O–H groups in total. The average Bonchev–Trinajstić information content (AvgIpc) is 3.34. The van der Waals surface area contributed by atoms with Crippen LogP contribution in [0.4, 0.5) is 17.6 Å². The largest absolute Gasteiger partial charge is 0.417 e. The van der Waals surface area contributed by atoms with Crippen LogP contribution in [-0.2, 0) is 11.0 Å². The summed E-state index contributed by atoms with van der Waals surface area (Å²) in [6, 6.07) is 7.92. The molecule has 2 amide bonds. The van der Waals surface area contributed by atoms with Gasteiger partial charge in [-0.25, -0.2) is 4.39 Å². The molecular formula is C24H26F4N4O2. The number of hydrogen-bond acceptors (Lipinski definition) is 4. The standard InChI is InChI=1S/C24H26F4N4O2/c1-15(33)30-21(16-3-2-4-20(25)9-16)7-8-31-11-17-13-32(14-18(17)12-31)23(34)22-6-5-19(10-29-22)24(26,27)28/h2-6,9-10,17-18,21H,7-8,11-14H2,1H3,(H,30,33)/t17-,18+,21-/m0/s1. The second kappa shape index (κ2) is 9.69. The van der Waals surface area contributed by atoms with E-state index in [1.807, 2.05) is 0 Å². The molecule has 2 aliphatic heterocycles. The Labute approximate surface area is 194 Å². The number of amides is 2. The van der Waals surface area contributed by atoms with E-state index in [-0.39, 0.29) is 41.2 Å². The number of hydrogen-bond donors (Lipinski definition) is 1. The summed E-state index contributed by atoms with van der Waals surface area (Å²) in [6.45, 7) is 4.77. The Hall–Kier alpha value is -3.01. The zero-order valence-corrected chi connectivity index (χ0v) is 18.7. The highest BCUT2D eigenvalue weighted by Crippen LogP contribution is 2.33. The van der Waals surface area contributed by atoms with Crippen LogP contribution < -0.4 is 5.32 Å². The number of nitrogens with zero attached hydrogens (tertiary/aromatic N) is 3. The van der Waals surface area contributed by atoms with E-state index >= 15 is 0 Å². The Bertz CT molecular complexity index is 1030. The summed E-state index contributed by atoms with van der Waals surface area (Å²) in [4.78, 5) is 32.0. The van der Waals surface area contributed by atoms with Gasteiger partial charge in [-0.3, -0.25) is 14.6 Å². The molecule has 10 heteroatoms. The lowest BCUT2D eigenvalue weighted by atomic mass is 10.0. The van der Waals surface area contributed by atoms with Crippen molar-refractivity contribution >= 4 is 11.8 Å². The summed E-state index contributed by atoms with van der Waals surface area (Å²) < 4.78 is 51.8. The summed E-state index contributed by atoms with van der Waals surface area (Å²) in [5.41, 5.74) is -0.151. The lowest BCUT2D eigenvalue weighted by molar-refractivity contribution is -0.137. The number of alkyl halides is 3. The number of halogens is 4. The number of aromatic nitrogens is 1. The number of carbonyl (C=O) groups excluding carboxylic acids is 2. The SMILES string of the molecule is CC(=O)N[C@@H](CCN1C[C@@H]2CN(C(=O)c3ccc(C(F)(F)F)cn3)C[C@@H]2C1)c1cccc(F)c1. The summed E-state index contributed by atoms with van der Waals surface area (Å²) in [5.74, 6) is -0.348. The molecule has 2 aliphatic rings. The maximum Gasteiger partial charge on any atom is 0.417 e. The van der Waals surface area contributed by atoms with Crippen molar-refractivity contribution in [3.8, 4) is 0 Å². The van der Waals surface area contributed by atoms with Crippen LogP contribution in [0, 0.1) is 17.7 Å². The molecule has 0 saturated carbocycles. The molecular weight excluding hydrogens is 452 g/mol. The fraction of sp³-hybridized carbons (Fsp3) is 0.458. The highest BCUT2D eigenvalue weighted by Gasteiger charge is 2.42. The molecule has 2 fully saturated rings. The average molecular weight is 478 g/mol. The van der Waals surface area contributed by atoms with E-state index < -0.39 is 11.7 Å². The number of pyridine rings is 1. The predicted octanol–water partition coefficient (Wildman–Crippen LogP) is 3.51. The number of fused-ring (bicyclic) bond motifs is 1. The zero-order chi connectivity index (χ0) is 24.5. The maximum absolute atomic E-state index is 13.6. The monoisotopic (exact) mass is 478 g/mol. The molecule has 1 aromatic carbocycles. The minimum Gasteiger partial charge on any atom is -0.349 e. The Morgan fingerprint density at radius 3 is 2.38 bits per heavy atom. The summed E-state index contributed by atoms with van der Waals surface area (Å²) >= 11 is 0. The third-order valence-corrected chi connectivity index (χ3v) is 6.52. The van der Waals surface area contributed by atoms with Gasteiger partial charge in [-0.05, 0) is 48.1 Å². The quantitative estimate of drug-likeness (QED) is 0.646. The van der Waals surface area contributed by atoms with Gasteiger partial charge in [0.05, 0.1) is 11.6 Å². The van der Waals surface area contributed by atoms with Crippen LogP contribution in [-0.4, -0.2) is 59.3 Å². The normalized spacial score (nSPS) is 21.4. The third-order valence-electron chi connectivity index (χ3n) is 6.52. The van der Waals surface area contributed by atoms with Gasteiger partial charge in [-0.15, -0.1) is 0 Å². The maximum atomic E-state index is 13.6. The molecule has 0 unspecified atom stereocenters. The molecule has 0 aliphatic carbocycles. The first-order chi connectivity index (χ1) is 16.1. The van der Waals surface area contributed by atoms with E-state index in [0.717, 1.165) is 30.8 Å². The minimum atomic E-state index is -4.49. The summed E-state index contributed by atoms with van der Waals surface area (Å²) in [7, 11) is 0. The van der Waals surface area contributed by atoms with Crippen LogP contribution >= 0.6 is 0 Å². The number of rotatable bonds is 6. The fourth-order valence-electron chi connectivity index (χ4n) is 4.89. The Morgan fingerprint density at radius 2 is 1.82 bits per heavy atom. The molecule has 1 aromatic heterocycles. The zero-order valence-electron chi connectivity index (χ0n) is 18.7. The second-order valence-electron chi connectivity index (χ2n) is 9.02. The van der Waals surface area contributed by atoms with Gasteiger partial charge in [-0.2, -0.15) is 13.2 Å². The van der Waals surface area contributed by atoms with Gasteiger partial charge >= 0.3 is 6.18 Å². The third kappa shape index (κ3) is 5.55. The van der Waals surface area contributed by atoms with Gasteiger partial charge in [0.1, 0.15) is 11.5 Å². The number of likely N-dealkylation sites (tertiary alicyclic amines) is 2. The van der Waals surface area contributed by atoms with Gasteiger partial charge in [0.2, 0.25) is 5.91 Å². The topological polar surface area (TPSA) is 65.5 Å². The second-order valence-corrected chi connectivity index (χ2v) is 9.02. The van der Waals surface area contributed by atoms with Gasteiger partial charge in [0.15, 0.2) is 0 Å². The number of nitrogens with one attached hydrogen (secondary N) is 1. The van der Waals surface area contributed by atoms with E-state index in [0.29, 0.717) is 32.3 Å². The highest BCUT2D eigenvalue weighted by atomic mass is 19.4. The molecule has 2 saturated heterocycles. The van der Waals surface area contributed by atoms with Crippen LogP contribution in [0.5, 0.6) is 0 Å². The molecule has 6 nitrogen and oxygen atoms in total. The smallest absolute Gasteiger partial charge is 0.349 e. The van der Waals surface area contributed by atoms with Crippen LogP contribution in [0.25, 0.3) is 0 Å². The van der Waals surface area contributed by atoms with E-state index in [9.17, 15) is 27.2 Å². The summed E-state index contributed by atoms with van der Waals surface area (Å²) in [6.07, 6.45) is -3.17. The van der Waals surface area contributed by atoms with Crippen molar-refractivity contribution in [1.29, 1.82) is 0 Å².